The highest BCUT2D eigenvalue weighted by Crippen LogP contribution is 2.38. The Balaban J connectivity index is 1.60. The number of rotatable bonds is 7. The van der Waals surface area contributed by atoms with Gasteiger partial charge >= 0.3 is 0 Å². The molecule has 0 aliphatic carbocycles. The summed E-state index contributed by atoms with van der Waals surface area (Å²) in [4.78, 5) is 13.0. The Kier molecular flexibility index (Phi) is 6.21. The van der Waals surface area contributed by atoms with Gasteiger partial charge in [-0.15, -0.1) is 10.2 Å². The second kappa shape index (κ2) is 9.20. The third-order valence-electron chi connectivity index (χ3n) is 5.65. The second-order valence-electron chi connectivity index (χ2n) is 7.62. The van der Waals surface area contributed by atoms with E-state index < -0.39 is 0 Å². The first kappa shape index (κ1) is 20.9. The van der Waals surface area contributed by atoms with Crippen molar-refractivity contribution in [1.82, 2.24) is 14.8 Å². The molecule has 1 aromatic heterocycles. The number of carbonyl (C=O) groups is 1. The highest BCUT2D eigenvalue weighted by atomic mass is 16.5. The van der Waals surface area contributed by atoms with Gasteiger partial charge in [0, 0.05) is 30.5 Å². The lowest BCUT2D eigenvalue weighted by Gasteiger charge is -2.14. The Morgan fingerprint density at radius 1 is 0.968 bits per heavy atom. The van der Waals surface area contributed by atoms with Gasteiger partial charge in [-0.05, 0) is 36.6 Å². The van der Waals surface area contributed by atoms with Crippen molar-refractivity contribution in [3.63, 3.8) is 0 Å². The molecule has 1 aliphatic rings. The largest absolute Gasteiger partial charge is 0.493 e. The molecule has 0 N–H and O–H groups in total. The number of carbonyl (C=O) groups excluding carboxylic acids is 1. The minimum Gasteiger partial charge on any atom is -0.493 e. The van der Waals surface area contributed by atoms with E-state index in [0.717, 1.165) is 48.6 Å². The maximum atomic E-state index is 13.0. The lowest BCUT2D eigenvalue weighted by atomic mass is 10.0. The summed E-state index contributed by atoms with van der Waals surface area (Å²) in [6.07, 6.45) is 4.73. The fourth-order valence-electron chi connectivity index (χ4n) is 4.05. The summed E-state index contributed by atoms with van der Waals surface area (Å²) < 4.78 is 18.3. The van der Waals surface area contributed by atoms with Gasteiger partial charge in [0.15, 0.2) is 23.1 Å². The lowest BCUT2D eigenvalue weighted by Crippen LogP contribution is -2.06. The molecule has 162 valence electrons. The van der Waals surface area contributed by atoms with Crippen LogP contribution in [0.4, 0.5) is 0 Å². The van der Waals surface area contributed by atoms with Crippen LogP contribution in [0.2, 0.25) is 0 Å². The smallest absolute Gasteiger partial charge is 0.203 e. The summed E-state index contributed by atoms with van der Waals surface area (Å²) in [6, 6.07) is 11.3. The van der Waals surface area contributed by atoms with E-state index >= 15 is 0 Å². The molecule has 0 saturated heterocycles. The minimum absolute atomic E-state index is 0.0310. The summed E-state index contributed by atoms with van der Waals surface area (Å²) in [6.45, 7) is 0.937. The highest BCUT2D eigenvalue weighted by Gasteiger charge is 2.19. The predicted octanol–water partition coefficient (Wildman–Crippen LogP) is 4.12. The van der Waals surface area contributed by atoms with Gasteiger partial charge in [0.05, 0.1) is 21.3 Å². The van der Waals surface area contributed by atoms with Crippen LogP contribution in [0.3, 0.4) is 0 Å². The quantitative estimate of drug-likeness (QED) is 0.534. The van der Waals surface area contributed by atoms with E-state index in [-0.39, 0.29) is 12.2 Å². The normalized spacial score (nSPS) is 13.3. The number of fused-ring (bicyclic) bond motifs is 1. The topological polar surface area (TPSA) is 75.5 Å². The predicted molar refractivity (Wildman–Crippen MR) is 117 cm³/mol. The molecule has 0 saturated carbocycles. The molecular formula is C24H27N3O4. The molecule has 7 heteroatoms. The number of Topliss-reactive ketones (excluding diaryl/α,β-unsaturated/α-hetero) is 1. The van der Waals surface area contributed by atoms with Crippen LogP contribution >= 0.6 is 0 Å². The zero-order chi connectivity index (χ0) is 21.8. The third-order valence-corrected chi connectivity index (χ3v) is 5.65. The maximum absolute atomic E-state index is 13.0. The van der Waals surface area contributed by atoms with Crippen molar-refractivity contribution in [2.45, 2.75) is 38.6 Å². The number of nitrogens with zero attached hydrogens (tertiary/aromatic N) is 3. The fraction of sp³-hybridized carbons (Fsp3) is 0.375. The number of aromatic nitrogens is 3. The van der Waals surface area contributed by atoms with Crippen molar-refractivity contribution < 1.29 is 19.0 Å². The molecule has 31 heavy (non-hydrogen) atoms. The van der Waals surface area contributed by atoms with E-state index in [4.69, 9.17) is 14.2 Å². The molecule has 4 rings (SSSR count). The Hall–Kier alpha value is -3.35. The number of ether oxygens (including phenoxy) is 3. The SMILES string of the molecule is COc1cc(C(=O)Cc2cccc(-c3nnc4n3CCCCC4)c2)cc(OC)c1OC. The molecule has 0 atom stereocenters. The first-order valence-electron chi connectivity index (χ1n) is 10.5. The molecular weight excluding hydrogens is 394 g/mol. The van der Waals surface area contributed by atoms with Crippen LogP contribution in [-0.4, -0.2) is 41.9 Å². The summed E-state index contributed by atoms with van der Waals surface area (Å²) in [5, 5.41) is 8.83. The molecule has 0 radical (unpaired) electrons. The standard InChI is InChI=1S/C24H27N3O4/c1-29-20-14-18(15-21(30-2)23(20)31-3)19(28)13-16-8-7-9-17(12-16)24-26-25-22-10-5-4-6-11-27(22)24/h7-9,12,14-15H,4-6,10-11,13H2,1-3H3. The van der Waals surface area contributed by atoms with E-state index in [1.807, 2.05) is 24.3 Å². The minimum atomic E-state index is -0.0310. The van der Waals surface area contributed by atoms with Crippen molar-refractivity contribution in [2.24, 2.45) is 0 Å². The molecule has 0 unspecified atom stereocenters. The Bertz CT molecular complexity index is 1070. The van der Waals surface area contributed by atoms with Crippen molar-refractivity contribution in [3.05, 3.63) is 53.3 Å². The summed E-state index contributed by atoms with van der Waals surface area (Å²) in [5.74, 6) is 3.29. The molecule has 1 aliphatic heterocycles. The number of aryl methyl sites for hydroxylation is 1. The molecule has 2 aromatic carbocycles. The summed E-state index contributed by atoms with van der Waals surface area (Å²) in [5.41, 5.74) is 2.41. The molecule has 3 aromatic rings. The third kappa shape index (κ3) is 4.26. The number of benzene rings is 2. The van der Waals surface area contributed by atoms with Crippen LogP contribution in [0, 0.1) is 0 Å². The van der Waals surface area contributed by atoms with Gasteiger partial charge < -0.3 is 18.8 Å². The Labute approximate surface area is 182 Å². The molecule has 0 amide bonds. The van der Waals surface area contributed by atoms with Gasteiger partial charge in [-0.25, -0.2) is 0 Å². The van der Waals surface area contributed by atoms with E-state index in [2.05, 4.69) is 14.8 Å². The highest BCUT2D eigenvalue weighted by molar-refractivity contribution is 5.98. The monoisotopic (exact) mass is 421 g/mol. The summed E-state index contributed by atoms with van der Waals surface area (Å²) >= 11 is 0. The van der Waals surface area contributed by atoms with Gasteiger partial charge in [-0.2, -0.15) is 0 Å². The van der Waals surface area contributed by atoms with Crippen LogP contribution in [0.1, 0.15) is 41.0 Å². The second-order valence-corrected chi connectivity index (χ2v) is 7.62. The van der Waals surface area contributed by atoms with E-state index in [9.17, 15) is 4.79 Å². The average molecular weight is 421 g/mol. The van der Waals surface area contributed by atoms with Gasteiger partial charge in [-0.1, -0.05) is 24.6 Å². The van der Waals surface area contributed by atoms with E-state index in [1.54, 1.807) is 19.2 Å². The Morgan fingerprint density at radius 3 is 2.45 bits per heavy atom. The number of hydrogen-bond acceptors (Lipinski definition) is 6. The van der Waals surface area contributed by atoms with Gasteiger partial charge in [0.1, 0.15) is 5.82 Å². The van der Waals surface area contributed by atoms with Crippen molar-refractivity contribution in [2.75, 3.05) is 21.3 Å². The van der Waals surface area contributed by atoms with E-state index in [1.165, 1.54) is 20.6 Å². The van der Waals surface area contributed by atoms with Crippen molar-refractivity contribution in [1.29, 1.82) is 0 Å². The molecule has 0 spiro atoms. The Morgan fingerprint density at radius 2 is 1.74 bits per heavy atom. The number of hydrogen-bond donors (Lipinski definition) is 0. The van der Waals surface area contributed by atoms with Crippen LogP contribution in [-0.2, 0) is 19.4 Å². The zero-order valence-electron chi connectivity index (χ0n) is 18.2. The van der Waals surface area contributed by atoms with Crippen LogP contribution in [0.5, 0.6) is 17.2 Å². The molecule has 2 heterocycles. The first-order chi connectivity index (χ1) is 15.1. The molecule has 0 bridgehead atoms. The van der Waals surface area contributed by atoms with Gasteiger partial charge in [-0.3, -0.25) is 4.79 Å². The molecule has 0 fully saturated rings. The van der Waals surface area contributed by atoms with Gasteiger partial charge in [0.25, 0.3) is 0 Å². The van der Waals surface area contributed by atoms with Crippen LogP contribution in [0.25, 0.3) is 11.4 Å². The summed E-state index contributed by atoms with van der Waals surface area (Å²) in [7, 11) is 4.62. The average Bonchev–Trinajstić information content (AvgIpc) is 3.06. The molecule has 7 nitrogen and oxygen atoms in total. The van der Waals surface area contributed by atoms with Crippen molar-refractivity contribution in [3.8, 4) is 28.6 Å². The number of ketones is 1. The van der Waals surface area contributed by atoms with Gasteiger partial charge in [0.2, 0.25) is 5.75 Å². The van der Waals surface area contributed by atoms with Crippen LogP contribution in [0.15, 0.2) is 36.4 Å². The van der Waals surface area contributed by atoms with E-state index in [0.29, 0.717) is 22.8 Å². The first-order valence-corrected chi connectivity index (χ1v) is 10.5. The lowest BCUT2D eigenvalue weighted by molar-refractivity contribution is 0.0992. The fourth-order valence-corrected chi connectivity index (χ4v) is 4.05. The van der Waals surface area contributed by atoms with Crippen LogP contribution < -0.4 is 14.2 Å². The zero-order valence-corrected chi connectivity index (χ0v) is 18.2. The number of methoxy groups -OCH3 is 3. The maximum Gasteiger partial charge on any atom is 0.203 e. The van der Waals surface area contributed by atoms with Crippen molar-refractivity contribution >= 4 is 5.78 Å².